The summed E-state index contributed by atoms with van der Waals surface area (Å²) in [5.41, 5.74) is -1.85. The van der Waals surface area contributed by atoms with Gasteiger partial charge in [-0.1, -0.05) is 27.2 Å². The van der Waals surface area contributed by atoms with Crippen molar-refractivity contribution in [3.8, 4) is 0 Å². The Balaban J connectivity index is 2.87. The van der Waals surface area contributed by atoms with Crippen LogP contribution in [0.2, 0.25) is 0 Å². The first-order valence-electron chi connectivity index (χ1n) is 8.43. The largest absolute Gasteiger partial charge is 0.457 e. The Kier molecular flexibility index (Phi) is 6.71. The zero-order valence-corrected chi connectivity index (χ0v) is 14.8. The highest BCUT2D eigenvalue weighted by molar-refractivity contribution is 5.81. The summed E-state index contributed by atoms with van der Waals surface area (Å²) in [4.78, 5) is 34.4. The number of esters is 1. The first kappa shape index (κ1) is 19.6. The monoisotopic (exact) mass is 327 g/mol. The fraction of sp³-hybridized carbons (Fsp3) is 0.882. The molecule has 6 heteroatoms. The molecule has 3 unspecified atom stereocenters. The molecule has 0 spiro atoms. The fourth-order valence-corrected chi connectivity index (χ4v) is 3.20. The molecule has 6 nitrogen and oxygen atoms in total. The van der Waals surface area contributed by atoms with E-state index in [0.717, 1.165) is 19.3 Å². The molecule has 1 fully saturated rings. The summed E-state index contributed by atoms with van der Waals surface area (Å²) in [7, 11) is 0. The Morgan fingerprint density at radius 1 is 1.35 bits per heavy atom. The highest BCUT2D eigenvalue weighted by Crippen LogP contribution is 2.36. The van der Waals surface area contributed by atoms with Gasteiger partial charge in [0.25, 0.3) is 0 Å². The van der Waals surface area contributed by atoms with E-state index in [-0.39, 0.29) is 30.6 Å². The first-order valence-corrected chi connectivity index (χ1v) is 8.43. The maximum Gasteiger partial charge on any atom is 0.384 e. The van der Waals surface area contributed by atoms with Crippen LogP contribution < -0.4 is 0 Å². The van der Waals surface area contributed by atoms with E-state index in [1.54, 1.807) is 0 Å². The van der Waals surface area contributed by atoms with E-state index < -0.39 is 16.4 Å². The van der Waals surface area contributed by atoms with Crippen LogP contribution in [-0.4, -0.2) is 28.3 Å². The topological polar surface area (TPSA) is 86.5 Å². The summed E-state index contributed by atoms with van der Waals surface area (Å²) in [6.45, 7) is 8.91. The number of carbonyl (C=O) groups is 2. The van der Waals surface area contributed by atoms with Gasteiger partial charge in [-0.25, -0.2) is 4.79 Å². The van der Waals surface area contributed by atoms with E-state index in [1.807, 2.05) is 0 Å². The molecule has 0 bridgehead atoms. The number of rotatable bonds is 7. The number of hydrogen-bond acceptors (Lipinski definition) is 5. The maximum absolute atomic E-state index is 12.5. The van der Waals surface area contributed by atoms with Gasteiger partial charge in [-0.3, -0.25) is 10.1 Å². The molecule has 0 heterocycles. The van der Waals surface area contributed by atoms with Crippen LogP contribution in [0.25, 0.3) is 0 Å². The lowest BCUT2D eigenvalue weighted by Gasteiger charge is -2.37. The van der Waals surface area contributed by atoms with Crippen molar-refractivity contribution in [2.24, 2.45) is 17.8 Å². The van der Waals surface area contributed by atoms with Crippen LogP contribution in [0.4, 0.5) is 0 Å². The summed E-state index contributed by atoms with van der Waals surface area (Å²) in [5.74, 6) is 0.0611. The highest BCUT2D eigenvalue weighted by atomic mass is 16.6. The van der Waals surface area contributed by atoms with Gasteiger partial charge in [0, 0.05) is 24.7 Å². The maximum atomic E-state index is 12.5. The number of ketones is 1. The van der Waals surface area contributed by atoms with E-state index in [2.05, 4.69) is 20.8 Å². The molecule has 0 aliphatic heterocycles. The van der Waals surface area contributed by atoms with Crippen molar-refractivity contribution >= 4 is 11.8 Å². The predicted molar refractivity (Wildman–Crippen MR) is 86.5 cm³/mol. The molecule has 1 saturated carbocycles. The molecular weight excluding hydrogens is 298 g/mol. The molecule has 0 N–H and O–H groups in total. The number of nitro groups is 1. The van der Waals surface area contributed by atoms with Crippen LogP contribution in [-0.2, 0) is 14.3 Å². The molecule has 0 saturated heterocycles. The molecule has 4 atom stereocenters. The Morgan fingerprint density at radius 3 is 2.43 bits per heavy atom. The van der Waals surface area contributed by atoms with Crippen LogP contribution >= 0.6 is 0 Å². The van der Waals surface area contributed by atoms with Crippen LogP contribution in [0.5, 0.6) is 0 Å². The second-order valence-electron chi connectivity index (χ2n) is 7.50. The summed E-state index contributed by atoms with van der Waals surface area (Å²) in [6, 6.07) is 0. The van der Waals surface area contributed by atoms with Crippen LogP contribution in [0.1, 0.15) is 66.7 Å². The lowest BCUT2D eigenvalue weighted by Crippen LogP contribution is -2.48. The van der Waals surface area contributed by atoms with Gasteiger partial charge in [0.2, 0.25) is 0 Å². The molecule has 0 aromatic heterocycles. The molecule has 23 heavy (non-hydrogen) atoms. The molecule has 0 amide bonds. The summed E-state index contributed by atoms with van der Waals surface area (Å²) in [5, 5.41) is 11.4. The zero-order chi connectivity index (χ0) is 17.8. The van der Waals surface area contributed by atoms with Gasteiger partial charge in [-0.15, -0.1) is 0 Å². The molecule has 1 aliphatic carbocycles. The van der Waals surface area contributed by atoms with E-state index in [0.29, 0.717) is 11.8 Å². The standard InChI is InChI=1S/C17H29NO5/c1-11(2)14-7-6-12(3)10-15(14)23-16(20)17(5,18(21)22)9-8-13(4)19/h11-12,14-15H,6-10H2,1-5H3/t12?,14?,15?,17-/m0/s1. The third kappa shape index (κ3) is 5.01. The molecule has 0 aromatic carbocycles. The van der Waals surface area contributed by atoms with Gasteiger partial charge in [0.1, 0.15) is 11.9 Å². The minimum Gasteiger partial charge on any atom is -0.457 e. The Bertz CT molecular complexity index is 462. The number of carbonyl (C=O) groups excluding carboxylic acids is 2. The second-order valence-corrected chi connectivity index (χ2v) is 7.50. The van der Waals surface area contributed by atoms with Gasteiger partial charge in [0.05, 0.1) is 0 Å². The molecular formula is C17H29NO5. The van der Waals surface area contributed by atoms with Crippen molar-refractivity contribution in [1.82, 2.24) is 0 Å². The van der Waals surface area contributed by atoms with Crippen molar-refractivity contribution in [2.75, 3.05) is 0 Å². The minimum atomic E-state index is -1.85. The smallest absolute Gasteiger partial charge is 0.384 e. The highest BCUT2D eigenvalue weighted by Gasteiger charge is 2.49. The van der Waals surface area contributed by atoms with Crippen molar-refractivity contribution in [3.05, 3.63) is 10.1 Å². The van der Waals surface area contributed by atoms with Crippen molar-refractivity contribution in [1.29, 1.82) is 0 Å². The zero-order valence-electron chi connectivity index (χ0n) is 14.8. The Morgan fingerprint density at radius 2 is 1.96 bits per heavy atom. The Labute approximate surface area is 138 Å². The average Bonchev–Trinajstić information content (AvgIpc) is 2.43. The van der Waals surface area contributed by atoms with Crippen molar-refractivity contribution < 1.29 is 19.2 Å². The van der Waals surface area contributed by atoms with Gasteiger partial charge in [-0.2, -0.15) is 0 Å². The SMILES string of the molecule is CC(=O)CC[C@@](C)(C(=O)OC1CC(C)CCC1C(C)C)[N+](=O)[O-]. The predicted octanol–water partition coefficient (Wildman–Crippen LogP) is 3.40. The number of ether oxygens (including phenoxy) is 1. The molecule has 0 aromatic rings. The van der Waals surface area contributed by atoms with Crippen LogP contribution in [0.15, 0.2) is 0 Å². The number of Topliss-reactive ketones (excluding diaryl/α,β-unsaturated/α-hetero) is 1. The van der Waals surface area contributed by atoms with Gasteiger partial charge < -0.3 is 9.53 Å². The lowest BCUT2D eigenvalue weighted by molar-refractivity contribution is -0.552. The number of nitrogens with zero attached hydrogens (tertiary/aromatic N) is 1. The van der Waals surface area contributed by atoms with Crippen molar-refractivity contribution in [3.63, 3.8) is 0 Å². The van der Waals surface area contributed by atoms with Crippen LogP contribution in [0, 0.1) is 27.9 Å². The van der Waals surface area contributed by atoms with E-state index in [4.69, 9.17) is 4.74 Å². The van der Waals surface area contributed by atoms with Gasteiger partial charge in [0.15, 0.2) is 0 Å². The quantitative estimate of drug-likeness (QED) is 0.406. The van der Waals surface area contributed by atoms with E-state index in [1.165, 1.54) is 13.8 Å². The van der Waals surface area contributed by atoms with E-state index >= 15 is 0 Å². The second kappa shape index (κ2) is 7.88. The number of hydrogen-bond donors (Lipinski definition) is 0. The van der Waals surface area contributed by atoms with Crippen LogP contribution in [0.3, 0.4) is 0 Å². The molecule has 132 valence electrons. The summed E-state index contributed by atoms with van der Waals surface area (Å²) < 4.78 is 5.60. The third-order valence-electron chi connectivity index (χ3n) is 5.03. The van der Waals surface area contributed by atoms with Gasteiger partial charge >= 0.3 is 11.5 Å². The fourth-order valence-electron chi connectivity index (χ4n) is 3.20. The van der Waals surface area contributed by atoms with E-state index in [9.17, 15) is 19.7 Å². The average molecular weight is 327 g/mol. The Hall–Kier alpha value is -1.46. The minimum absolute atomic E-state index is 0.00125. The molecule has 1 aliphatic rings. The van der Waals surface area contributed by atoms with Crippen molar-refractivity contribution in [2.45, 2.75) is 78.4 Å². The first-order chi connectivity index (χ1) is 10.6. The lowest BCUT2D eigenvalue weighted by atomic mass is 9.75. The molecule has 1 rings (SSSR count). The summed E-state index contributed by atoms with van der Waals surface area (Å²) in [6.07, 6.45) is 2.41. The molecule has 0 radical (unpaired) electrons. The third-order valence-corrected chi connectivity index (χ3v) is 5.03. The normalized spacial score (nSPS) is 27.3. The summed E-state index contributed by atoms with van der Waals surface area (Å²) >= 11 is 0. The van der Waals surface area contributed by atoms with Gasteiger partial charge in [-0.05, 0) is 37.5 Å².